The largest absolute Gasteiger partial charge is 0.465 e. The van der Waals surface area contributed by atoms with Gasteiger partial charge in [0.25, 0.3) is 0 Å². The molecule has 0 aliphatic rings. The number of methoxy groups -OCH3 is 1. The first-order valence-electron chi connectivity index (χ1n) is 7.00. The van der Waals surface area contributed by atoms with Crippen molar-refractivity contribution in [2.45, 2.75) is 20.0 Å². The Hall–Kier alpha value is -2.13. The fourth-order valence-corrected chi connectivity index (χ4v) is 2.32. The molecule has 2 aromatic carbocycles. The Morgan fingerprint density at radius 1 is 1.05 bits per heavy atom. The maximum absolute atomic E-state index is 11.8. The highest BCUT2D eigenvalue weighted by molar-refractivity contribution is 5.90. The van der Waals surface area contributed by atoms with Crippen LogP contribution in [0.3, 0.4) is 0 Å². The Bertz CT molecular complexity index is 605. The molecule has 3 heteroatoms. The van der Waals surface area contributed by atoms with Crippen LogP contribution in [0.4, 0.5) is 0 Å². The number of rotatable bonds is 5. The lowest BCUT2D eigenvalue weighted by molar-refractivity contribution is 0.0598. The third kappa shape index (κ3) is 4.17. The van der Waals surface area contributed by atoms with Crippen molar-refractivity contribution in [3.8, 4) is 0 Å². The van der Waals surface area contributed by atoms with Crippen LogP contribution in [0.15, 0.2) is 48.5 Å². The Labute approximate surface area is 126 Å². The van der Waals surface area contributed by atoms with E-state index in [2.05, 4.69) is 36.1 Å². The van der Waals surface area contributed by atoms with Gasteiger partial charge in [-0.15, -0.1) is 0 Å². The maximum atomic E-state index is 11.8. The van der Waals surface area contributed by atoms with Crippen LogP contribution in [0.25, 0.3) is 0 Å². The van der Waals surface area contributed by atoms with Crippen LogP contribution >= 0.6 is 0 Å². The minimum atomic E-state index is -0.283. The summed E-state index contributed by atoms with van der Waals surface area (Å²) in [4.78, 5) is 14.0. The van der Waals surface area contributed by atoms with Crippen molar-refractivity contribution in [1.29, 1.82) is 0 Å². The average molecular weight is 283 g/mol. The molecule has 0 amide bonds. The zero-order chi connectivity index (χ0) is 15.2. The number of carbonyl (C=O) groups is 1. The summed E-state index contributed by atoms with van der Waals surface area (Å²) < 4.78 is 4.83. The highest BCUT2D eigenvalue weighted by atomic mass is 16.5. The van der Waals surface area contributed by atoms with Crippen molar-refractivity contribution >= 4 is 5.97 Å². The molecule has 2 aromatic rings. The summed E-state index contributed by atoms with van der Waals surface area (Å²) in [5.74, 6) is -0.283. The lowest BCUT2D eigenvalue weighted by atomic mass is 10.1. The number of hydrogen-bond acceptors (Lipinski definition) is 3. The van der Waals surface area contributed by atoms with Gasteiger partial charge in [-0.05, 0) is 31.2 Å². The molecule has 0 N–H and O–H groups in total. The van der Waals surface area contributed by atoms with Gasteiger partial charge >= 0.3 is 5.97 Å². The van der Waals surface area contributed by atoms with Gasteiger partial charge < -0.3 is 4.74 Å². The molecule has 0 fully saturated rings. The van der Waals surface area contributed by atoms with E-state index in [-0.39, 0.29) is 5.97 Å². The lowest BCUT2D eigenvalue weighted by Crippen LogP contribution is -2.19. The summed E-state index contributed by atoms with van der Waals surface area (Å²) in [6.45, 7) is 3.63. The zero-order valence-corrected chi connectivity index (χ0v) is 12.8. The topological polar surface area (TPSA) is 29.5 Å². The number of esters is 1. The summed E-state index contributed by atoms with van der Waals surface area (Å²) in [5, 5.41) is 0. The van der Waals surface area contributed by atoms with Crippen LogP contribution in [0.1, 0.15) is 27.0 Å². The van der Waals surface area contributed by atoms with Crippen LogP contribution < -0.4 is 0 Å². The predicted octanol–water partition coefficient (Wildman–Crippen LogP) is 3.41. The van der Waals surface area contributed by atoms with Gasteiger partial charge in [-0.25, -0.2) is 4.79 Å². The minimum Gasteiger partial charge on any atom is -0.465 e. The van der Waals surface area contributed by atoms with Crippen LogP contribution in [0.5, 0.6) is 0 Å². The quantitative estimate of drug-likeness (QED) is 0.788. The smallest absolute Gasteiger partial charge is 0.338 e. The fraction of sp³-hybridized carbons (Fsp3) is 0.278. The Kier molecular flexibility index (Phi) is 5.12. The third-order valence-electron chi connectivity index (χ3n) is 3.44. The summed E-state index contributed by atoms with van der Waals surface area (Å²) >= 11 is 0. The van der Waals surface area contributed by atoms with Gasteiger partial charge in [-0.2, -0.15) is 0 Å². The molecule has 0 unspecified atom stereocenters. The second-order valence-electron chi connectivity index (χ2n) is 5.31. The molecule has 0 saturated heterocycles. The van der Waals surface area contributed by atoms with Crippen molar-refractivity contribution in [2.24, 2.45) is 0 Å². The van der Waals surface area contributed by atoms with Crippen LogP contribution in [0.2, 0.25) is 0 Å². The average Bonchev–Trinajstić information content (AvgIpc) is 2.49. The van der Waals surface area contributed by atoms with E-state index >= 15 is 0 Å². The number of benzene rings is 2. The highest BCUT2D eigenvalue weighted by Crippen LogP contribution is 2.14. The number of carbonyl (C=O) groups excluding carboxylic acids is 1. The molecule has 0 saturated carbocycles. The molecule has 21 heavy (non-hydrogen) atoms. The molecular weight excluding hydrogens is 262 g/mol. The van der Waals surface area contributed by atoms with Crippen LogP contribution in [-0.4, -0.2) is 25.0 Å². The second kappa shape index (κ2) is 7.04. The fourth-order valence-electron chi connectivity index (χ4n) is 2.32. The van der Waals surface area contributed by atoms with Crippen molar-refractivity contribution in [2.75, 3.05) is 14.2 Å². The monoisotopic (exact) mass is 283 g/mol. The second-order valence-corrected chi connectivity index (χ2v) is 5.31. The first-order chi connectivity index (χ1) is 10.1. The molecule has 0 aromatic heterocycles. The minimum absolute atomic E-state index is 0.283. The summed E-state index contributed by atoms with van der Waals surface area (Å²) in [6.07, 6.45) is 0. The van der Waals surface area contributed by atoms with E-state index in [9.17, 15) is 4.79 Å². The molecule has 0 atom stereocenters. The lowest BCUT2D eigenvalue weighted by Gasteiger charge is -2.18. The van der Waals surface area contributed by atoms with Gasteiger partial charge in [-0.1, -0.05) is 48.0 Å². The Morgan fingerprint density at radius 2 is 1.71 bits per heavy atom. The number of nitrogens with zero attached hydrogens (tertiary/aromatic N) is 1. The van der Waals surface area contributed by atoms with Crippen molar-refractivity contribution in [1.82, 2.24) is 4.90 Å². The third-order valence-corrected chi connectivity index (χ3v) is 3.44. The molecule has 0 aliphatic heterocycles. The molecule has 0 radical (unpaired) electrons. The van der Waals surface area contributed by atoms with Gasteiger partial charge in [0, 0.05) is 13.1 Å². The molecule has 110 valence electrons. The summed E-state index contributed by atoms with van der Waals surface area (Å²) in [5.41, 5.74) is 4.14. The highest BCUT2D eigenvalue weighted by Gasteiger charge is 2.12. The van der Waals surface area contributed by atoms with Gasteiger partial charge in [-0.3, -0.25) is 4.90 Å². The van der Waals surface area contributed by atoms with Crippen LogP contribution in [0, 0.1) is 6.92 Å². The molecule has 0 aliphatic carbocycles. The summed E-state index contributed by atoms with van der Waals surface area (Å²) in [7, 11) is 3.46. The van der Waals surface area contributed by atoms with Gasteiger partial charge in [0.1, 0.15) is 0 Å². The standard InChI is InChI=1S/C18H21NO2/c1-14-8-10-15(11-9-14)12-19(2)13-16-6-4-5-7-17(16)18(20)21-3/h4-11H,12-13H2,1-3H3. The van der Waals surface area contributed by atoms with E-state index in [0.717, 1.165) is 12.1 Å². The van der Waals surface area contributed by atoms with Crippen molar-refractivity contribution in [3.05, 3.63) is 70.8 Å². The van der Waals surface area contributed by atoms with Gasteiger partial charge in [0.15, 0.2) is 0 Å². The Morgan fingerprint density at radius 3 is 2.38 bits per heavy atom. The first-order valence-corrected chi connectivity index (χ1v) is 7.00. The number of hydrogen-bond donors (Lipinski definition) is 0. The predicted molar refractivity (Wildman–Crippen MR) is 84.1 cm³/mol. The number of ether oxygens (including phenoxy) is 1. The molecule has 0 heterocycles. The van der Waals surface area contributed by atoms with Crippen molar-refractivity contribution in [3.63, 3.8) is 0 Å². The zero-order valence-electron chi connectivity index (χ0n) is 12.8. The van der Waals surface area contributed by atoms with E-state index in [1.165, 1.54) is 18.2 Å². The van der Waals surface area contributed by atoms with E-state index in [1.54, 1.807) is 6.07 Å². The molecule has 0 spiro atoms. The maximum Gasteiger partial charge on any atom is 0.338 e. The summed E-state index contributed by atoms with van der Waals surface area (Å²) in [6, 6.07) is 16.1. The first kappa shape index (κ1) is 15.3. The molecule has 0 bridgehead atoms. The van der Waals surface area contributed by atoms with E-state index in [1.807, 2.05) is 25.2 Å². The Balaban J connectivity index is 2.07. The molecule has 3 nitrogen and oxygen atoms in total. The van der Waals surface area contributed by atoms with Crippen molar-refractivity contribution < 1.29 is 9.53 Å². The molecule has 2 rings (SSSR count). The SMILES string of the molecule is COC(=O)c1ccccc1CN(C)Cc1ccc(C)cc1. The van der Waals surface area contributed by atoms with Crippen LogP contribution in [-0.2, 0) is 17.8 Å². The van der Waals surface area contributed by atoms with E-state index < -0.39 is 0 Å². The van der Waals surface area contributed by atoms with E-state index in [4.69, 9.17) is 4.74 Å². The number of aryl methyl sites for hydroxylation is 1. The van der Waals surface area contributed by atoms with E-state index in [0.29, 0.717) is 12.1 Å². The van der Waals surface area contributed by atoms with Gasteiger partial charge in [0.2, 0.25) is 0 Å². The molecular formula is C18H21NO2. The van der Waals surface area contributed by atoms with Gasteiger partial charge in [0.05, 0.1) is 12.7 Å². The normalized spacial score (nSPS) is 10.7.